The number of nitrogens with zero attached hydrogens (tertiary/aromatic N) is 1. The molecule has 0 heterocycles. The number of nitrogens with two attached hydrogens (primary N) is 1. The second kappa shape index (κ2) is 6.86. The van der Waals surface area contributed by atoms with E-state index in [2.05, 4.69) is 17.1 Å². The van der Waals surface area contributed by atoms with Crippen LogP contribution < -0.4 is 11.1 Å². The highest BCUT2D eigenvalue weighted by Gasteiger charge is 2.14. The van der Waals surface area contributed by atoms with E-state index < -0.39 is 0 Å². The van der Waals surface area contributed by atoms with Gasteiger partial charge in [-0.25, -0.2) is 0 Å². The first-order chi connectivity index (χ1) is 6.15. The molecule has 0 radical (unpaired) electrons. The first-order valence-electron chi connectivity index (χ1n) is 4.82. The molecule has 0 fully saturated rings. The molecule has 0 spiro atoms. The van der Waals surface area contributed by atoms with Crippen LogP contribution in [-0.2, 0) is 4.79 Å². The lowest BCUT2D eigenvalue weighted by molar-refractivity contribution is -0.122. The smallest absolute Gasteiger partial charge is 0.221 e. The zero-order valence-corrected chi connectivity index (χ0v) is 8.84. The average molecular weight is 187 g/mol. The maximum Gasteiger partial charge on any atom is 0.221 e. The maximum atomic E-state index is 11.2. The number of likely N-dealkylation sites (N-methyl/N-ethyl adjacent to an activating group) is 1. The highest BCUT2D eigenvalue weighted by molar-refractivity contribution is 5.76. The third-order valence-corrected chi connectivity index (χ3v) is 2.19. The van der Waals surface area contributed by atoms with Crippen LogP contribution in [0.25, 0.3) is 0 Å². The fourth-order valence-electron chi connectivity index (χ4n) is 1.16. The standard InChI is InChI=1S/C9H21N3O/c1-4-11-9(13)6-8(7-10)12(3)5-2/h8H,4-7,10H2,1-3H3,(H,11,13). The van der Waals surface area contributed by atoms with Gasteiger partial charge in [-0.05, 0) is 20.5 Å². The molecule has 1 atom stereocenters. The zero-order valence-electron chi connectivity index (χ0n) is 8.84. The molecule has 0 aromatic rings. The van der Waals surface area contributed by atoms with Crippen molar-refractivity contribution in [3.05, 3.63) is 0 Å². The van der Waals surface area contributed by atoms with Crippen LogP contribution in [0.2, 0.25) is 0 Å². The predicted molar refractivity (Wildman–Crippen MR) is 54.4 cm³/mol. The Labute approximate surface area is 80.5 Å². The first-order valence-corrected chi connectivity index (χ1v) is 4.82. The highest BCUT2D eigenvalue weighted by Crippen LogP contribution is 1.99. The molecule has 4 heteroatoms. The van der Waals surface area contributed by atoms with Gasteiger partial charge in [-0.3, -0.25) is 4.79 Å². The Balaban J connectivity index is 3.89. The average Bonchev–Trinajstić information content (AvgIpc) is 2.13. The van der Waals surface area contributed by atoms with Gasteiger partial charge in [-0.15, -0.1) is 0 Å². The molecule has 0 aliphatic carbocycles. The van der Waals surface area contributed by atoms with Crippen molar-refractivity contribution in [2.45, 2.75) is 26.3 Å². The number of hydrogen-bond acceptors (Lipinski definition) is 3. The van der Waals surface area contributed by atoms with E-state index in [0.717, 1.165) is 6.54 Å². The molecule has 0 rings (SSSR count). The van der Waals surface area contributed by atoms with Crippen molar-refractivity contribution in [3.8, 4) is 0 Å². The fourth-order valence-corrected chi connectivity index (χ4v) is 1.16. The summed E-state index contributed by atoms with van der Waals surface area (Å²) < 4.78 is 0. The Bertz CT molecular complexity index is 150. The van der Waals surface area contributed by atoms with Crippen LogP contribution in [0.4, 0.5) is 0 Å². The Morgan fingerprint density at radius 3 is 2.54 bits per heavy atom. The minimum atomic E-state index is 0.0817. The van der Waals surface area contributed by atoms with Gasteiger partial charge in [0.25, 0.3) is 0 Å². The third-order valence-electron chi connectivity index (χ3n) is 2.19. The van der Waals surface area contributed by atoms with E-state index in [1.54, 1.807) is 0 Å². The van der Waals surface area contributed by atoms with E-state index in [1.807, 2.05) is 14.0 Å². The van der Waals surface area contributed by atoms with Gasteiger partial charge in [0, 0.05) is 25.6 Å². The molecule has 1 unspecified atom stereocenters. The Morgan fingerprint density at radius 1 is 1.54 bits per heavy atom. The van der Waals surface area contributed by atoms with Gasteiger partial charge in [0.15, 0.2) is 0 Å². The predicted octanol–water partition coefficient (Wildman–Crippen LogP) is -0.208. The third kappa shape index (κ3) is 4.85. The van der Waals surface area contributed by atoms with E-state index in [1.165, 1.54) is 0 Å². The van der Waals surface area contributed by atoms with Crippen molar-refractivity contribution in [2.24, 2.45) is 5.73 Å². The van der Waals surface area contributed by atoms with Gasteiger partial charge in [0.2, 0.25) is 5.91 Å². The van der Waals surface area contributed by atoms with Crippen molar-refractivity contribution in [1.82, 2.24) is 10.2 Å². The lowest BCUT2D eigenvalue weighted by Gasteiger charge is -2.24. The molecular formula is C9H21N3O. The highest BCUT2D eigenvalue weighted by atomic mass is 16.1. The van der Waals surface area contributed by atoms with Crippen LogP contribution in [0.3, 0.4) is 0 Å². The minimum Gasteiger partial charge on any atom is -0.356 e. The summed E-state index contributed by atoms with van der Waals surface area (Å²) in [7, 11) is 1.98. The van der Waals surface area contributed by atoms with E-state index >= 15 is 0 Å². The summed E-state index contributed by atoms with van der Waals surface area (Å²) in [6.45, 7) is 6.11. The zero-order chi connectivity index (χ0) is 10.3. The first kappa shape index (κ1) is 12.4. The van der Waals surface area contributed by atoms with Crippen molar-refractivity contribution in [1.29, 1.82) is 0 Å². The molecule has 0 saturated heterocycles. The summed E-state index contributed by atoms with van der Waals surface area (Å²) in [5.74, 6) is 0.0817. The summed E-state index contributed by atoms with van der Waals surface area (Å²) in [5, 5.41) is 2.77. The van der Waals surface area contributed by atoms with Gasteiger partial charge in [0.1, 0.15) is 0 Å². The van der Waals surface area contributed by atoms with Crippen molar-refractivity contribution in [3.63, 3.8) is 0 Å². The number of carbonyl (C=O) groups is 1. The van der Waals surface area contributed by atoms with Gasteiger partial charge in [-0.2, -0.15) is 0 Å². The molecule has 0 aliphatic rings. The molecule has 0 aromatic carbocycles. The van der Waals surface area contributed by atoms with Gasteiger partial charge < -0.3 is 16.0 Å². The minimum absolute atomic E-state index is 0.0817. The Morgan fingerprint density at radius 2 is 2.15 bits per heavy atom. The molecular weight excluding hydrogens is 166 g/mol. The van der Waals surface area contributed by atoms with Crippen LogP contribution in [0, 0.1) is 0 Å². The van der Waals surface area contributed by atoms with Gasteiger partial charge in [-0.1, -0.05) is 6.92 Å². The normalized spacial score (nSPS) is 13.0. The van der Waals surface area contributed by atoms with Crippen LogP contribution in [0.15, 0.2) is 0 Å². The van der Waals surface area contributed by atoms with Crippen LogP contribution in [-0.4, -0.2) is 43.5 Å². The van der Waals surface area contributed by atoms with Gasteiger partial charge in [0.05, 0.1) is 0 Å². The summed E-state index contributed by atoms with van der Waals surface area (Å²) >= 11 is 0. The SMILES string of the molecule is CCNC(=O)CC(CN)N(C)CC. The lowest BCUT2D eigenvalue weighted by Crippen LogP contribution is -2.41. The van der Waals surface area contributed by atoms with Crippen LogP contribution in [0.1, 0.15) is 20.3 Å². The fraction of sp³-hybridized carbons (Fsp3) is 0.889. The molecule has 4 nitrogen and oxygen atoms in total. The molecule has 13 heavy (non-hydrogen) atoms. The van der Waals surface area contributed by atoms with Gasteiger partial charge >= 0.3 is 0 Å². The topological polar surface area (TPSA) is 58.4 Å². The molecule has 0 aromatic heterocycles. The van der Waals surface area contributed by atoms with Crippen LogP contribution in [0.5, 0.6) is 0 Å². The van der Waals surface area contributed by atoms with E-state index in [-0.39, 0.29) is 11.9 Å². The lowest BCUT2D eigenvalue weighted by atomic mass is 10.1. The summed E-state index contributed by atoms with van der Waals surface area (Å²) in [6, 6.07) is 0.163. The summed E-state index contributed by atoms with van der Waals surface area (Å²) in [5.41, 5.74) is 5.57. The number of hydrogen-bond donors (Lipinski definition) is 2. The largest absolute Gasteiger partial charge is 0.356 e. The number of carbonyl (C=O) groups excluding carboxylic acids is 1. The van der Waals surface area contributed by atoms with Crippen molar-refractivity contribution in [2.75, 3.05) is 26.7 Å². The van der Waals surface area contributed by atoms with Crippen LogP contribution >= 0.6 is 0 Å². The summed E-state index contributed by atoms with van der Waals surface area (Å²) in [4.78, 5) is 13.3. The molecule has 78 valence electrons. The Kier molecular flexibility index (Phi) is 6.54. The molecule has 0 saturated carbocycles. The maximum absolute atomic E-state index is 11.2. The number of amides is 1. The summed E-state index contributed by atoms with van der Waals surface area (Å²) in [6.07, 6.45) is 0.495. The van der Waals surface area contributed by atoms with Crippen molar-refractivity contribution < 1.29 is 4.79 Å². The second-order valence-corrected chi connectivity index (χ2v) is 3.12. The Hall–Kier alpha value is -0.610. The second-order valence-electron chi connectivity index (χ2n) is 3.12. The van der Waals surface area contributed by atoms with Crippen molar-refractivity contribution >= 4 is 5.91 Å². The molecule has 3 N–H and O–H groups in total. The molecule has 0 bridgehead atoms. The molecule has 1 amide bonds. The van der Waals surface area contributed by atoms with E-state index in [0.29, 0.717) is 19.5 Å². The van der Waals surface area contributed by atoms with E-state index in [4.69, 9.17) is 5.73 Å². The quantitative estimate of drug-likeness (QED) is 0.605. The number of rotatable bonds is 6. The van der Waals surface area contributed by atoms with E-state index in [9.17, 15) is 4.79 Å². The molecule has 0 aliphatic heterocycles. The monoisotopic (exact) mass is 187 g/mol. The number of nitrogens with one attached hydrogen (secondary N) is 1.